The summed E-state index contributed by atoms with van der Waals surface area (Å²) in [5.74, 6) is -0.0615. The number of carbonyl (C=O) groups excluding carboxylic acids is 3. The van der Waals surface area contributed by atoms with Gasteiger partial charge in [-0.3, -0.25) is 19.7 Å². The number of Topliss-reactive ketones (excluding diaryl/α,β-unsaturated/α-hetero) is 1. The number of amides is 2. The molecule has 1 atom stereocenters. The molecule has 0 bridgehead atoms. The van der Waals surface area contributed by atoms with Crippen LogP contribution in [0.25, 0.3) is 10.8 Å². The van der Waals surface area contributed by atoms with Gasteiger partial charge in [0.25, 0.3) is 0 Å². The molecule has 5 heteroatoms. The molecule has 1 unspecified atom stereocenters. The Labute approximate surface area is 167 Å². The van der Waals surface area contributed by atoms with E-state index in [2.05, 4.69) is 5.32 Å². The molecule has 2 aromatic rings. The van der Waals surface area contributed by atoms with Crippen LogP contribution in [0.15, 0.2) is 30.3 Å². The summed E-state index contributed by atoms with van der Waals surface area (Å²) in [6, 6.07) is 9.29. The number of methoxy groups -OCH3 is 1. The molecule has 0 spiro atoms. The monoisotopic (exact) mass is 385 g/mol. The highest BCUT2D eigenvalue weighted by Gasteiger charge is 2.27. The van der Waals surface area contributed by atoms with Crippen LogP contribution in [0.1, 0.15) is 63.4 Å². The topological polar surface area (TPSA) is 72.5 Å². The van der Waals surface area contributed by atoms with Gasteiger partial charge in [0.15, 0.2) is 5.78 Å². The van der Waals surface area contributed by atoms with Crippen LogP contribution >= 0.6 is 0 Å². The quantitative estimate of drug-likeness (QED) is 0.612. The number of piperidine rings is 1. The second-order valence-corrected chi connectivity index (χ2v) is 6.06. The van der Waals surface area contributed by atoms with Crippen molar-refractivity contribution in [1.82, 2.24) is 5.32 Å². The zero-order valence-corrected chi connectivity index (χ0v) is 17.7. The van der Waals surface area contributed by atoms with Crippen molar-refractivity contribution < 1.29 is 19.1 Å². The van der Waals surface area contributed by atoms with Gasteiger partial charge in [0.1, 0.15) is 5.75 Å². The van der Waals surface area contributed by atoms with Crippen molar-refractivity contribution in [3.8, 4) is 5.75 Å². The lowest BCUT2D eigenvalue weighted by Crippen LogP contribution is -2.41. The molecule has 0 radical (unpaired) electrons. The highest BCUT2D eigenvalue weighted by molar-refractivity contribution is 6.10. The number of hydrogen-bond donors (Lipinski definition) is 1. The fraction of sp³-hybridized carbons (Fsp3) is 0.435. The van der Waals surface area contributed by atoms with Crippen LogP contribution in [-0.2, 0) is 16.0 Å². The highest BCUT2D eigenvalue weighted by atomic mass is 16.5. The highest BCUT2D eigenvalue weighted by Crippen LogP contribution is 2.33. The first-order chi connectivity index (χ1) is 13.5. The van der Waals surface area contributed by atoms with Gasteiger partial charge in [0, 0.05) is 23.3 Å². The Bertz CT molecular complexity index is 842. The van der Waals surface area contributed by atoms with E-state index in [4.69, 9.17) is 4.74 Å². The molecule has 2 amide bonds. The van der Waals surface area contributed by atoms with Crippen molar-refractivity contribution in [3.05, 3.63) is 41.5 Å². The van der Waals surface area contributed by atoms with Crippen molar-refractivity contribution in [2.45, 2.75) is 53.9 Å². The van der Waals surface area contributed by atoms with Crippen LogP contribution in [0.2, 0.25) is 0 Å². The van der Waals surface area contributed by atoms with E-state index in [0.717, 1.165) is 16.3 Å². The van der Waals surface area contributed by atoms with Gasteiger partial charge in [-0.1, -0.05) is 52.0 Å². The van der Waals surface area contributed by atoms with Crippen molar-refractivity contribution in [2.75, 3.05) is 7.11 Å². The van der Waals surface area contributed by atoms with Gasteiger partial charge in [0.2, 0.25) is 11.8 Å². The zero-order valence-electron chi connectivity index (χ0n) is 17.7. The standard InChI is InChI=1S/C19H19NO4.2C2H6/c1-11(21)14-4-3-5-15-16(24-2)8-6-12(18(14)15)10-13-7-9-17(22)20-19(13)23;2*1-2/h3-6,8,13H,7,9-10H2,1-2H3,(H,20,22,23);2*1-2H3. The van der Waals surface area contributed by atoms with Crippen LogP contribution in [0.5, 0.6) is 5.75 Å². The molecule has 0 aromatic heterocycles. The lowest BCUT2D eigenvalue weighted by molar-refractivity contribution is -0.136. The smallest absolute Gasteiger partial charge is 0.230 e. The van der Waals surface area contributed by atoms with E-state index in [9.17, 15) is 14.4 Å². The molecule has 2 aromatic carbocycles. The summed E-state index contributed by atoms with van der Waals surface area (Å²) in [6.45, 7) is 9.53. The van der Waals surface area contributed by atoms with Crippen LogP contribution < -0.4 is 10.1 Å². The molecule has 1 heterocycles. The molecule has 1 aliphatic rings. The van der Waals surface area contributed by atoms with E-state index in [-0.39, 0.29) is 23.5 Å². The van der Waals surface area contributed by atoms with Gasteiger partial charge in [-0.2, -0.15) is 0 Å². The number of imide groups is 1. The summed E-state index contributed by atoms with van der Waals surface area (Å²) >= 11 is 0. The second kappa shape index (κ2) is 11.2. The maximum Gasteiger partial charge on any atom is 0.230 e. The molecule has 5 nitrogen and oxygen atoms in total. The second-order valence-electron chi connectivity index (χ2n) is 6.06. The maximum absolute atomic E-state index is 12.1. The van der Waals surface area contributed by atoms with E-state index in [0.29, 0.717) is 30.6 Å². The van der Waals surface area contributed by atoms with E-state index in [1.807, 2.05) is 52.0 Å². The Balaban J connectivity index is 0.000000921. The van der Waals surface area contributed by atoms with E-state index in [1.54, 1.807) is 13.2 Å². The van der Waals surface area contributed by atoms with Crippen molar-refractivity contribution >= 4 is 28.4 Å². The molecule has 152 valence electrons. The van der Waals surface area contributed by atoms with Gasteiger partial charge in [-0.25, -0.2) is 0 Å². The first kappa shape index (κ1) is 23.3. The van der Waals surface area contributed by atoms with Gasteiger partial charge in [0.05, 0.1) is 7.11 Å². The summed E-state index contributed by atoms with van der Waals surface area (Å²) in [7, 11) is 1.59. The van der Waals surface area contributed by atoms with Crippen LogP contribution in [-0.4, -0.2) is 24.7 Å². The number of ether oxygens (including phenoxy) is 1. The van der Waals surface area contributed by atoms with Crippen LogP contribution in [0.3, 0.4) is 0 Å². The third-order valence-corrected chi connectivity index (χ3v) is 4.51. The van der Waals surface area contributed by atoms with E-state index in [1.165, 1.54) is 6.92 Å². The van der Waals surface area contributed by atoms with Crippen molar-refractivity contribution in [2.24, 2.45) is 5.92 Å². The first-order valence-corrected chi connectivity index (χ1v) is 9.94. The van der Waals surface area contributed by atoms with Gasteiger partial charge < -0.3 is 4.74 Å². The number of carbonyl (C=O) groups is 3. The van der Waals surface area contributed by atoms with Crippen molar-refractivity contribution in [3.63, 3.8) is 0 Å². The molecule has 0 saturated carbocycles. The Morgan fingerprint density at radius 2 is 1.79 bits per heavy atom. The predicted molar refractivity (Wildman–Crippen MR) is 113 cm³/mol. The lowest BCUT2D eigenvalue weighted by Gasteiger charge is -2.22. The number of hydrogen-bond acceptors (Lipinski definition) is 4. The molecule has 0 aliphatic carbocycles. The van der Waals surface area contributed by atoms with Crippen LogP contribution in [0.4, 0.5) is 0 Å². The summed E-state index contributed by atoms with van der Waals surface area (Å²) in [5, 5.41) is 4.07. The van der Waals surface area contributed by atoms with Gasteiger partial charge in [-0.05, 0) is 36.8 Å². The Morgan fingerprint density at radius 3 is 2.36 bits per heavy atom. The molecule has 1 N–H and O–H groups in total. The number of nitrogens with one attached hydrogen (secondary N) is 1. The third kappa shape index (κ3) is 5.18. The molecule has 1 fully saturated rings. The fourth-order valence-electron chi connectivity index (χ4n) is 3.29. The van der Waals surface area contributed by atoms with Gasteiger partial charge in [-0.15, -0.1) is 0 Å². The molecule has 28 heavy (non-hydrogen) atoms. The first-order valence-electron chi connectivity index (χ1n) is 9.94. The molecule has 1 saturated heterocycles. The fourth-order valence-corrected chi connectivity index (χ4v) is 3.29. The summed E-state index contributed by atoms with van der Waals surface area (Å²) in [5.41, 5.74) is 1.54. The summed E-state index contributed by atoms with van der Waals surface area (Å²) < 4.78 is 5.41. The average molecular weight is 386 g/mol. The lowest BCUT2D eigenvalue weighted by atomic mass is 9.87. The predicted octanol–water partition coefficient (Wildman–Crippen LogP) is 4.70. The Kier molecular flexibility index (Phi) is 9.36. The normalized spacial score (nSPS) is 15.6. The van der Waals surface area contributed by atoms with E-state index < -0.39 is 0 Å². The molecule has 1 aliphatic heterocycles. The van der Waals surface area contributed by atoms with Gasteiger partial charge >= 0.3 is 0 Å². The average Bonchev–Trinajstić information content (AvgIpc) is 2.72. The number of fused-ring (bicyclic) bond motifs is 1. The minimum absolute atomic E-state index is 0.0293. The minimum Gasteiger partial charge on any atom is -0.496 e. The van der Waals surface area contributed by atoms with Crippen molar-refractivity contribution in [1.29, 1.82) is 0 Å². The Morgan fingerprint density at radius 1 is 1.11 bits per heavy atom. The molecule has 3 rings (SSSR count). The SMILES string of the molecule is CC.CC.COc1ccc(CC2CCC(=O)NC2=O)c2c(C(C)=O)cccc12. The third-order valence-electron chi connectivity index (χ3n) is 4.51. The minimum atomic E-state index is -0.265. The molecular formula is C23H31NO4. The zero-order chi connectivity index (χ0) is 21.3. The largest absolute Gasteiger partial charge is 0.496 e. The number of rotatable bonds is 4. The number of benzene rings is 2. The Hall–Kier alpha value is -2.69. The van der Waals surface area contributed by atoms with Crippen LogP contribution in [0, 0.1) is 5.92 Å². The summed E-state index contributed by atoms with van der Waals surface area (Å²) in [6.07, 6.45) is 1.37. The maximum atomic E-state index is 12.1. The van der Waals surface area contributed by atoms with E-state index >= 15 is 0 Å². The number of ketones is 1. The molecular weight excluding hydrogens is 354 g/mol. The summed E-state index contributed by atoms with van der Waals surface area (Å²) in [4.78, 5) is 35.4.